The topological polar surface area (TPSA) is 56.6 Å². The van der Waals surface area contributed by atoms with Crippen LogP contribution in [-0.2, 0) is 6.54 Å². The van der Waals surface area contributed by atoms with E-state index in [1.54, 1.807) is 0 Å². The smallest absolute Gasteiger partial charge is 0.319 e. The highest BCUT2D eigenvalue weighted by Gasteiger charge is 2.20. The Hall–Kier alpha value is -2.35. The number of alkyl halides is 2. The van der Waals surface area contributed by atoms with Gasteiger partial charge in [0.15, 0.2) is 11.5 Å². The van der Waals surface area contributed by atoms with Gasteiger partial charge in [-0.05, 0) is 18.6 Å². The Balaban J connectivity index is 2.22. The molecule has 2 rings (SSSR count). The fourth-order valence-electron chi connectivity index (χ4n) is 2.34. The second-order valence-electron chi connectivity index (χ2n) is 5.53. The lowest BCUT2D eigenvalue weighted by Crippen LogP contribution is -2.28. The van der Waals surface area contributed by atoms with Gasteiger partial charge in [0, 0.05) is 25.0 Å². The van der Waals surface area contributed by atoms with Crippen molar-refractivity contribution in [2.75, 3.05) is 20.8 Å². The lowest BCUT2D eigenvalue weighted by Gasteiger charge is -2.19. The second-order valence-corrected chi connectivity index (χ2v) is 5.93. The fourth-order valence-corrected chi connectivity index (χ4v) is 2.60. The summed E-state index contributed by atoms with van der Waals surface area (Å²) in [6, 6.07) is 2.97. The molecule has 0 radical (unpaired) electrons. The molecule has 0 atom stereocenters. The summed E-state index contributed by atoms with van der Waals surface area (Å²) in [6.45, 7) is -0.388. The van der Waals surface area contributed by atoms with Gasteiger partial charge in [-0.2, -0.15) is 8.78 Å². The van der Waals surface area contributed by atoms with Gasteiger partial charge >= 0.3 is 6.55 Å². The zero-order valence-corrected chi connectivity index (χ0v) is 15.5. The zero-order valence-electron chi connectivity index (χ0n) is 14.7. The number of ether oxygens (including phenoxy) is 2. The SMILES string of the molecule is CCCOc1c(Cl)cc(C(=O)N(C)Cc2nccn2C(F)F)cc1OC. The number of methoxy groups -OCH3 is 1. The molecule has 0 saturated heterocycles. The van der Waals surface area contributed by atoms with Crippen molar-refractivity contribution in [1.29, 1.82) is 0 Å². The van der Waals surface area contributed by atoms with Crippen molar-refractivity contribution in [2.24, 2.45) is 0 Å². The molecule has 0 spiro atoms. The van der Waals surface area contributed by atoms with Gasteiger partial charge in [0.1, 0.15) is 5.82 Å². The maximum Gasteiger partial charge on any atom is 0.319 e. The molecule has 1 heterocycles. The average Bonchev–Trinajstić information content (AvgIpc) is 3.07. The molecule has 142 valence electrons. The number of rotatable bonds is 8. The van der Waals surface area contributed by atoms with Crippen LogP contribution in [-0.4, -0.2) is 41.1 Å². The van der Waals surface area contributed by atoms with Crippen LogP contribution in [0, 0.1) is 0 Å². The molecule has 0 aliphatic rings. The Morgan fingerprint density at radius 2 is 2.15 bits per heavy atom. The van der Waals surface area contributed by atoms with E-state index in [4.69, 9.17) is 21.1 Å². The Morgan fingerprint density at radius 1 is 1.42 bits per heavy atom. The normalized spacial score (nSPS) is 10.9. The molecule has 1 aromatic carbocycles. The summed E-state index contributed by atoms with van der Waals surface area (Å²) in [5.74, 6) is 0.369. The van der Waals surface area contributed by atoms with Gasteiger partial charge in [0.25, 0.3) is 5.91 Å². The summed E-state index contributed by atoms with van der Waals surface area (Å²) in [5, 5.41) is 0.239. The lowest BCUT2D eigenvalue weighted by molar-refractivity contribution is 0.0612. The first-order valence-corrected chi connectivity index (χ1v) is 8.32. The number of carbonyl (C=O) groups excluding carboxylic acids is 1. The van der Waals surface area contributed by atoms with Gasteiger partial charge in [-0.1, -0.05) is 18.5 Å². The summed E-state index contributed by atoms with van der Waals surface area (Å²) in [4.78, 5) is 17.8. The lowest BCUT2D eigenvalue weighted by atomic mass is 10.1. The van der Waals surface area contributed by atoms with Crippen LogP contribution in [0.4, 0.5) is 8.78 Å². The van der Waals surface area contributed by atoms with E-state index >= 15 is 0 Å². The third-order valence-electron chi connectivity index (χ3n) is 3.61. The van der Waals surface area contributed by atoms with Crippen LogP contribution < -0.4 is 9.47 Å². The molecule has 0 saturated carbocycles. The van der Waals surface area contributed by atoms with Crippen LogP contribution >= 0.6 is 11.6 Å². The summed E-state index contributed by atoms with van der Waals surface area (Å²) in [5.41, 5.74) is 0.258. The fraction of sp³-hybridized carbons (Fsp3) is 0.412. The predicted octanol–water partition coefficient (Wildman–Crippen LogP) is 4.00. The van der Waals surface area contributed by atoms with Crippen LogP contribution in [0.3, 0.4) is 0 Å². The number of hydrogen-bond donors (Lipinski definition) is 0. The maximum absolute atomic E-state index is 12.9. The van der Waals surface area contributed by atoms with E-state index in [1.807, 2.05) is 6.92 Å². The molecule has 26 heavy (non-hydrogen) atoms. The van der Waals surface area contributed by atoms with Crippen molar-refractivity contribution in [3.63, 3.8) is 0 Å². The predicted molar refractivity (Wildman–Crippen MR) is 93.1 cm³/mol. The van der Waals surface area contributed by atoms with E-state index in [0.29, 0.717) is 22.7 Å². The third-order valence-corrected chi connectivity index (χ3v) is 3.89. The van der Waals surface area contributed by atoms with Crippen LogP contribution in [0.15, 0.2) is 24.5 Å². The van der Waals surface area contributed by atoms with Gasteiger partial charge in [0.05, 0.1) is 25.3 Å². The van der Waals surface area contributed by atoms with E-state index in [0.717, 1.165) is 12.6 Å². The first kappa shape index (κ1) is 20.0. The van der Waals surface area contributed by atoms with E-state index in [9.17, 15) is 13.6 Å². The van der Waals surface area contributed by atoms with Gasteiger partial charge in [0.2, 0.25) is 0 Å². The van der Waals surface area contributed by atoms with Crippen molar-refractivity contribution >= 4 is 17.5 Å². The summed E-state index contributed by atoms with van der Waals surface area (Å²) in [6.07, 6.45) is 3.22. The highest BCUT2D eigenvalue weighted by atomic mass is 35.5. The minimum Gasteiger partial charge on any atom is -0.493 e. The molecular formula is C17H20ClF2N3O3. The van der Waals surface area contributed by atoms with Crippen LogP contribution in [0.5, 0.6) is 11.5 Å². The molecule has 0 fully saturated rings. The molecule has 0 unspecified atom stereocenters. The number of hydrogen-bond acceptors (Lipinski definition) is 4. The molecule has 1 amide bonds. The molecule has 6 nitrogen and oxygen atoms in total. The molecule has 0 aliphatic carbocycles. The van der Waals surface area contributed by atoms with Gasteiger partial charge < -0.3 is 14.4 Å². The highest BCUT2D eigenvalue weighted by molar-refractivity contribution is 6.32. The average molecular weight is 388 g/mol. The summed E-state index contributed by atoms with van der Waals surface area (Å²) >= 11 is 6.22. The zero-order chi connectivity index (χ0) is 19.3. The Kier molecular flexibility index (Phi) is 6.79. The van der Waals surface area contributed by atoms with Crippen molar-refractivity contribution < 1.29 is 23.0 Å². The molecule has 0 bridgehead atoms. The molecule has 2 aromatic rings. The Labute approximate surface area is 155 Å². The first-order chi connectivity index (χ1) is 12.4. The number of halogens is 3. The number of imidazole rings is 1. The molecule has 0 N–H and O–H groups in total. The van der Waals surface area contributed by atoms with Gasteiger partial charge in [-0.25, -0.2) is 4.98 Å². The summed E-state index contributed by atoms with van der Waals surface area (Å²) in [7, 11) is 2.94. The number of carbonyl (C=O) groups is 1. The second kappa shape index (κ2) is 8.84. The van der Waals surface area contributed by atoms with E-state index < -0.39 is 12.5 Å². The molecular weight excluding hydrogens is 368 g/mol. The molecule has 1 aromatic heterocycles. The van der Waals surface area contributed by atoms with Crippen molar-refractivity contribution in [3.8, 4) is 11.5 Å². The monoisotopic (exact) mass is 387 g/mol. The summed E-state index contributed by atoms with van der Waals surface area (Å²) < 4.78 is 37.3. The number of benzene rings is 1. The first-order valence-electron chi connectivity index (χ1n) is 7.94. The minimum absolute atomic E-state index is 0.0792. The standard InChI is InChI=1S/C17H20ClF2N3O3/c1-4-7-26-15-12(18)8-11(9-13(15)25-3)16(24)22(2)10-14-21-5-6-23(14)17(19)20/h5-6,8-9,17H,4,7,10H2,1-3H3. The highest BCUT2D eigenvalue weighted by Crippen LogP contribution is 2.36. The number of amides is 1. The van der Waals surface area contributed by atoms with Crippen molar-refractivity contribution in [2.45, 2.75) is 26.4 Å². The van der Waals surface area contributed by atoms with Gasteiger partial charge in [-0.3, -0.25) is 9.36 Å². The third kappa shape index (κ3) is 4.43. The Bertz CT molecular complexity index is 768. The largest absolute Gasteiger partial charge is 0.493 e. The molecule has 9 heteroatoms. The molecule has 0 aliphatic heterocycles. The van der Waals surface area contributed by atoms with Crippen LogP contribution in [0.2, 0.25) is 5.02 Å². The maximum atomic E-state index is 12.9. The number of nitrogens with zero attached hydrogens (tertiary/aromatic N) is 3. The van der Waals surface area contributed by atoms with Crippen LogP contribution in [0.25, 0.3) is 0 Å². The van der Waals surface area contributed by atoms with Crippen molar-refractivity contribution in [1.82, 2.24) is 14.5 Å². The quantitative estimate of drug-likeness (QED) is 0.687. The van der Waals surface area contributed by atoms with Crippen LogP contribution in [0.1, 0.15) is 36.1 Å². The number of aromatic nitrogens is 2. The van der Waals surface area contributed by atoms with E-state index in [-0.39, 0.29) is 23.0 Å². The van der Waals surface area contributed by atoms with E-state index in [1.165, 1.54) is 37.4 Å². The van der Waals surface area contributed by atoms with Gasteiger partial charge in [-0.15, -0.1) is 0 Å². The minimum atomic E-state index is -2.72. The van der Waals surface area contributed by atoms with E-state index in [2.05, 4.69) is 4.98 Å². The van der Waals surface area contributed by atoms with Crippen molar-refractivity contribution in [3.05, 3.63) is 40.9 Å². The Morgan fingerprint density at radius 3 is 2.77 bits per heavy atom.